The lowest BCUT2D eigenvalue weighted by Crippen LogP contribution is -2.37. The van der Waals surface area contributed by atoms with E-state index in [9.17, 15) is 9.90 Å². The fourth-order valence-corrected chi connectivity index (χ4v) is 4.46. The van der Waals surface area contributed by atoms with Gasteiger partial charge < -0.3 is 14.7 Å². The summed E-state index contributed by atoms with van der Waals surface area (Å²) in [4.78, 5) is 14.1. The van der Waals surface area contributed by atoms with Crippen molar-refractivity contribution in [3.8, 4) is 5.75 Å². The number of para-hydroxylation sites is 1. The Kier molecular flexibility index (Phi) is 7.63. The molecule has 1 aliphatic rings. The normalized spacial score (nSPS) is 19.3. The number of hydrogen-bond acceptors (Lipinski definition) is 4. The summed E-state index contributed by atoms with van der Waals surface area (Å²) in [7, 11) is 0. The van der Waals surface area contributed by atoms with Gasteiger partial charge in [0.05, 0.1) is 23.3 Å². The van der Waals surface area contributed by atoms with E-state index in [-0.39, 0.29) is 11.3 Å². The molecule has 0 aromatic heterocycles. The highest BCUT2D eigenvalue weighted by Crippen LogP contribution is 2.31. The number of ether oxygens (including phenoxy) is 1. The van der Waals surface area contributed by atoms with E-state index in [1.807, 2.05) is 49.1 Å². The van der Waals surface area contributed by atoms with Gasteiger partial charge in [0.15, 0.2) is 0 Å². The Morgan fingerprint density at radius 1 is 1.36 bits per heavy atom. The third kappa shape index (κ3) is 7.28. The second-order valence-corrected chi connectivity index (χ2v) is 8.73. The van der Waals surface area contributed by atoms with Crippen LogP contribution in [0.25, 0.3) is 0 Å². The molecule has 25 heavy (non-hydrogen) atoms. The quantitative estimate of drug-likeness (QED) is 0.682. The van der Waals surface area contributed by atoms with Crippen LogP contribution in [0.5, 0.6) is 5.75 Å². The summed E-state index contributed by atoms with van der Waals surface area (Å²) in [5.41, 5.74) is -0.585. The molecule has 0 spiro atoms. The molecule has 1 saturated heterocycles. The third-order valence-corrected chi connectivity index (χ3v) is 5.75. The number of amides is 1. The van der Waals surface area contributed by atoms with Crippen LogP contribution in [-0.4, -0.2) is 45.8 Å². The fourth-order valence-electron chi connectivity index (χ4n) is 3.09. The highest BCUT2D eigenvalue weighted by atomic mass is 32.2. The van der Waals surface area contributed by atoms with E-state index in [0.717, 1.165) is 31.4 Å². The Hall–Kier alpha value is -1.20. The molecule has 1 fully saturated rings. The Labute approximate surface area is 155 Å². The van der Waals surface area contributed by atoms with Crippen molar-refractivity contribution in [2.24, 2.45) is 5.92 Å². The Bertz CT molecular complexity index is 529. The van der Waals surface area contributed by atoms with Gasteiger partial charge in [-0.2, -0.15) is 0 Å². The zero-order valence-corrected chi connectivity index (χ0v) is 16.4. The second kappa shape index (κ2) is 9.48. The molecule has 1 aliphatic heterocycles. The maximum Gasteiger partial charge on any atom is 0.233 e. The van der Waals surface area contributed by atoms with Crippen LogP contribution in [0.2, 0.25) is 0 Å². The van der Waals surface area contributed by atoms with Gasteiger partial charge in [-0.3, -0.25) is 4.79 Å². The predicted molar refractivity (Wildman–Crippen MR) is 104 cm³/mol. The molecule has 0 saturated carbocycles. The van der Waals surface area contributed by atoms with Crippen LogP contribution < -0.4 is 4.74 Å². The zero-order valence-electron chi connectivity index (χ0n) is 15.6. The summed E-state index contributed by atoms with van der Waals surface area (Å²) in [6.07, 6.45) is 3.94. The van der Waals surface area contributed by atoms with Gasteiger partial charge in [-0.05, 0) is 44.7 Å². The molecule has 1 heterocycles. The van der Waals surface area contributed by atoms with Gasteiger partial charge in [0.2, 0.25) is 5.91 Å². The van der Waals surface area contributed by atoms with Gasteiger partial charge >= 0.3 is 0 Å². The van der Waals surface area contributed by atoms with Gasteiger partial charge in [-0.25, -0.2) is 0 Å². The SMILES string of the molecule is CC(CCCC(C)(C)O)CC1SCC(=O)N1CCOc1ccccc1. The molecule has 140 valence electrons. The Balaban J connectivity index is 1.74. The van der Waals surface area contributed by atoms with E-state index in [0.29, 0.717) is 24.8 Å². The molecule has 0 aliphatic carbocycles. The van der Waals surface area contributed by atoms with Gasteiger partial charge in [-0.1, -0.05) is 38.0 Å². The highest BCUT2D eigenvalue weighted by molar-refractivity contribution is 8.00. The average Bonchev–Trinajstić information content (AvgIpc) is 2.88. The molecule has 1 amide bonds. The van der Waals surface area contributed by atoms with Gasteiger partial charge in [-0.15, -0.1) is 11.8 Å². The van der Waals surface area contributed by atoms with Crippen LogP contribution in [0.4, 0.5) is 0 Å². The molecular weight excluding hydrogens is 334 g/mol. The van der Waals surface area contributed by atoms with Crippen LogP contribution in [0.1, 0.15) is 46.5 Å². The van der Waals surface area contributed by atoms with Crippen molar-refractivity contribution < 1.29 is 14.6 Å². The first-order valence-corrected chi connectivity index (χ1v) is 10.2. The molecule has 2 unspecified atom stereocenters. The number of hydrogen-bond donors (Lipinski definition) is 1. The van der Waals surface area contributed by atoms with Gasteiger partial charge in [0.25, 0.3) is 0 Å². The van der Waals surface area contributed by atoms with Crippen molar-refractivity contribution in [2.45, 2.75) is 57.4 Å². The number of aliphatic hydroxyl groups is 1. The second-order valence-electron chi connectivity index (χ2n) is 7.56. The molecule has 1 aromatic rings. The van der Waals surface area contributed by atoms with E-state index in [4.69, 9.17) is 4.74 Å². The predicted octanol–water partition coefficient (Wildman–Crippen LogP) is 3.93. The molecule has 0 bridgehead atoms. The molecule has 2 rings (SSSR count). The first-order valence-electron chi connectivity index (χ1n) is 9.16. The number of carbonyl (C=O) groups excluding carboxylic acids is 1. The van der Waals surface area contributed by atoms with Crippen molar-refractivity contribution in [1.29, 1.82) is 0 Å². The van der Waals surface area contributed by atoms with Crippen LogP contribution in [0.3, 0.4) is 0 Å². The molecule has 1 aromatic carbocycles. The largest absolute Gasteiger partial charge is 0.492 e. The third-order valence-electron chi connectivity index (χ3n) is 4.50. The summed E-state index contributed by atoms with van der Waals surface area (Å²) in [6.45, 7) is 7.13. The van der Waals surface area contributed by atoms with E-state index in [1.54, 1.807) is 11.8 Å². The van der Waals surface area contributed by atoms with Gasteiger partial charge in [0, 0.05) is 0 Å². The zero-order chi connectivity index (χ0) is 18.3. The Morgan fingerprint density at radius 2 is 2.08 bits per heavy atom. The first kappa shape index (κ1) is 20.1. The lowest BCUT2D eigenvalue weighted by atomic mass is 9.95. The summed E-state index contributed by atoms with van der Waals surface area (Å²) in [5, 5.41) is 10.1. The van der Waals surface area contributed by atoms with Gasteiger partial charge in [0.1, 0.15) is 12.4 Å². The molecule has 4 nitrogen and oxygen atoms in total. The maximum absolute atomic E-state index is 12.2. The Morgan fingerprint density at radius 3 is 2.76 bits per heavy atom. The van der Waals surface area contributed by atoms with E-state index in [2.05, 4.69) is 6.92 Å². The molecule has 5 heteroatoms. The lowest BCUT2D eigenvalue weighted by molar-refractivity contribution is -0.128. The van der Waals surface area contributed by atoms with Crippen molar-refractivity contribution in [2.75, 3.05) is 18.9 Å². The highest BCUT2D eigenvalue weighted by Gasteiger charge is 2.32. The van der Waals surface area contributed by atoms with Crippen molar-refractivity contribution in [3.05, 3.63) is 30.3 Å². The van der Waals surface area contributed by atoms with Crippen LogP contribution in [0.15, 0.2) is 30.3 Å². The smallest absolute Gasteiger partial charge is 0.233 e. The molecule has 0 radical (unpaired) electrons. The summed E-state index contributed by atoms with van der Waals surface area (Å²) in [5.74, 6) is 2.18. The molecular formula is C20H31NO3S. The van der Waals surface area contributed by atoms with Crippen molar-refractivity contribution >= 4 is 17.7 Å². The molecule has 2 atom stereocenters. The maximum atomic E-state index is 12.2. The minimum Gasteiger partial charge on any atom is -0.492 e. The first-order chi connectivity index (χ1) is 11.8. The standard InChI is InChI=1S/C20H31NO3S/c1-16(8-7-11-20(2,3)23)14-19-21(18(22)15-25-19)12-13-24-17-9-5-4-6-10-17/h4-6,9-10,16,19,23H,7-8,11-15H2,1-3H3. The summed E-state index contributed by atoms with van der Waals surface area (Å²) < 4.78 is 5.74. The molecule has 1 N–H and O–H groups in total. The van der Waals surface area contributed by atoms with Crippen LogP contribution in [0, 0.1) is 5.92 Å². The van der Waals surface area contributed by atoms with Crippen molar-refractivity contribution in [3.63, 3.8) is 0 Å². The minimum atomic E-state index is -0.585. The van der Waals surface area contributed by atoms with Crippen LogP contribution >= 0.6 is 11.8 Å². The number of carbonyl (C=O) groups is 1. The number of thioether (sulfide) groups is 1. The number of benzene rings is 1. The van der Waals surface area contributed by atoms with E-state index in [1.165, 1.54) is 0 Å². The van der Waals surface area contributed by atoms with E-state index >= 15 is 0 Å². The number of rotatable bonds is 10. The lowest BCUT2D eigenvalue weighted by Gasteiger charge is -2.26. The fraction of sp³-hybridized carbons (Fsp3) is 0.650. The van der Waals surface area contributed by atoms with E-state index < -0.39 is 5.60 Å². The average molecular weight is 366 g/mol. The summed E-state index contributed by atoms with van der Waals surface area (Å²) in [6, 6.07) is 9.73. The monoisotopic (exact) mass is 365 g/mol. The minimum absolute atomic E-state index is 0.218. The summed E-state index contributed by atoms with van der Waals surface area (Å²) >= 11 is 1.74. The topological polar surface area (TPSA) is 49.8 Å². The number of nitrogens with zero attached hydrogens (tertiary/aromatic N) is 1. The van der Waals surface area contributed by atoms with Crippen molar-refractivity contribution in [1.82, 2.24) is 4.90 Å². The van der Waals surface area contributed by atoms with Crippen LogP contribution in [-0.2, 0) is 4.79 Å².